The van der Waals surface area contributed by atoms with Crippen molar-refractivity contribution in [2.24, 2.45) is 0 Å². The largest absolute Gasteiger partial charge is 0.394 e. The molecule has 7 heteroatoms. The molecule has 1 fully saturated rings. The number of nitro groups is 1. The zero-order valence-corrected chi connectivity index (χ0v) is 8.39. The average molecular weight is 228 g/mol. The van der Waals surface area contributed by atoms with Gasteiger partial charge in [-0.15, -0.1) is 0 Å². The highest BCUT2D eigenvalue weighted by atomic mass is 16.6. The van der Waals surface area contributed by atoms with Crippen LogP contribution in [0.3, 0.4) is 0 Å². The van der Waals surface area contributed by atoms with Crippen LogP contribution in [0.25, 0.3) is 0 Å². The van der Waals surface area contributed by atoms with Gasteiger partial charge < -0.3 is 25.1 Å². The molecule has 1 aliphatic rings. The first-order chi connectivity index (χ1) is 7.63. The number of ether oxygens (including phenoxy) is 1. The molecule has 3 atom stereocenters. The van der Waals surface area contributed by atoms with Gasteiger partial charge in [-0.3, -0.25) is 0 Å². The molecule has 16 heavy (non-hydrogen) atoms. The number of nitrogens with zero attached hydrogens (tertiary/aromatic N) is 2. The highest BCUT2D eigenvalue weighted by Gasteiger charge is 2.38. The Labute approximate surface area is 91.0 Å². The predicted octanol–water partition coefficient (Wildman–Crippen LogP) is 0.0370. The van der Waals surface area contributed by atoms with E-state index in [0.717, 1.165) is 0 Å². The van der Waals surface area contributed by atoms with Gasteiger partial charge in [0.05, 0.1) is 18.9 Å². The Bertz CT molecular complexity index is 391. The standard InChI is InChI=1S/C9H12N2O5/c12-5-7-6(13)4-9(16-7)10-3-1-2-8(10)11(14)15/h1-3,6-7,9,12-13H,4-5H2/t6-,7-,9-/m1/s1. The molecule has 1 saturated heterocycles. The summed E-state index contributed by atoms with van der Waals surface area (Å²) in [6, 6.07) is 2.90. The first kappa shape index (κ1) is 11.1. The smallest absolute Gasteiger partial charge is 0.325 e. The molecule has 0 radical (unpaired) electrons. The first-order valence-corrected chi connectivity index (χ1v) is 4.89. The van der Waals surface area contributed by atoms with Crippen LogP contribution in [0.15, 0.2) is 18.3 Å². The summed E-state index contributed by atoms with van der Waals surface area (Å²) in [6.45, 7) is -0.299. The van der Waals surface area contributed by atoms with Crippen LogP contribution in [0.5, 0.6) is 0 Å². The van der Waals surface area contributed by atoms with Crippen molar-refractivity contribution in [2.45, 2.75) is 24.9 Å². The molecule has 0 amide bonds. The lowest BCUT2D eigenvalue weighted by Crippen LogP contribution is -2.24. The van der Waals surface area contributed by atoms with Gasteiger partial charge in [-0.1, -0.05) is 0 Å². The lowest BCUT2D eigenvalue weighted by molar-refractivity contribution is -0.393. The quantitative estimate of drug-likeness (QED) is 0.562. The average Bonchev–Trinajstić information content (AvgIpc) is 2.82. The van der Waals surface area contributed by atoms with E-state index in [1.165, 1.54) is 16.8 Å². The Hall–Kier alpha value is -1.44. The summed E-state index contributed by atoms with van der Waals surface area (Å²) in [6.07, 6.45) is -0.303. The van der Waals surface area contributed by atoms with Crippen molar-refractivity contribution in [3.8, 4) is 0 Å². The molecule has 0 saturated carbocycles. The highest BCUT2D eigenvalue weighted by molar-refractivity contribution is 5.22. The Morgan fingerprint density at radius 1 is 1.69 bits per heavy atom. The van der Waals surface area contributed by atoms with Gasteiger partial charge in [0.2, 0.25) is 6.23 Å². The SMILES string of the molecule is O=[N+]([O-])c1cccn1[C@H]1C[C@@H](O)[C@@H](CO)O1. The highest BCUT2D eigenvalue weighted by Crippen LogP contribution is 2.31. The van der Waals surface area contributed by atoms with Crippen LogP contribution in [0.2, 0.25) is 0 Å². The van der Waals surface area contributed by atoms with Crippen molar-refractivity contribution >= 4 is 5.82 Å². The molecule has 0 spiro atoms. The number of rotatable bonds is 3. The van der Waals surface area contributed by atoms with Crippen molar-refractivity contribution in [1.29, 1.82) is 0 Å². The zero-order chi connectivity index (χ0) is 11.7. The topological polar surface area (TPSA) is 97.8 Å². The maximum absolute atomic E-state index is 10.7. The number of aliphatic hydroxyl groups excluding tert-OH is 2. The maximum atomic E-state index is 10.7. The number of hydrogen-bond donors (Lipinski definition) is 2. The lowest BCUT2D eigenvalue weighted by Gasteiger charge is -2.10. The van der Waals surface area contributed by atoms with E-state index >= 15 is 0 Å². The van der Waals surface area contributed by atoms with Gasteiger partial charge in [0.1, 0.15) is 6.10 Å². The molecule has 1 aromatic heterocycles. The number of hydrogen-bond acceptors (Lipinski definition) is 5. The van der Waals surface area contributed by atoms with Gasteiger partial charge in [0.25, 0.3) is 0 Å². The third-order valence-electron chi connectivity index (χ3n) is 2.64. The summed E-state index contributed by atoms with van der Waals surface area (Å²) in [5, 5.41) is 29.1. The molecule has 2 N–H and O–H groups in total. The van der Waals surface area contributed by atoms with Crippen LogP contribution < -0.4 is 0 Å². The molecule has 0 bridgehead atoms. The van der Waals surface area contributed by atoms with E-state index < -0.39 is 23.4 Å². The second-order valence-corrected chi connectivity index (χ2v) is 3.65. The summed E-state index contributed by atoms with van der Waals surface area (Å²) in [7, 11) is 0. The van der Waals surface area contributed by atoms with Crippen LogP contribution >= 0.6 is 0 Å². The van der Waals surface area contributed by atoms with Gasteiger partial charge in [-0.2, -0.15) is 0 Å². The fraction of sp³-hybridized carbons (Fsp3) is 0.556. The summed E-state index contributed by atoms with van der Waals surface area (Å²) >= 11 is 0. The molecule has 1 aromatic rings. The van der Waals surface area contributed by atoms with E-state index in [-0.39, 0.29) is 18.8 Å². The van der Waals surface area contributed by atoms with Crippen LogP contribution in [0.4, 0.5) is 5.82 Å². The maximum Gasteiger partial charge on any atom is 0.325 e. The van der Waals surface area contributed by atoms with E-state index in [1.807, 2.05) is 0 Å². The predicted molar refractivity (Wildman–Crippen MR) is 52.7 cm³/mol. The minimum atomic E-state index is -0.794. The monoisotopic (exact) mass is 228 g/mol. The molecular weight excluding hydrogens is 216 g/mol. The number of aliphatic hydroxyl groups is 2. The third kappa shape index (κ3) is 1.80. The Morgan fingerprint density at radius 3 is 3.00 bits per heavy atom. The van der Waals surface area contributed by atoms with E-state index in [2.05, 4.69) is 0 Å². The molecule has 1 aliphatic heterocycles. The summed E-state index contributed by atoms with van der Waals surface area (Å²) in [5.41, 5.74) is 0. The van der Waals surface area contributed by atoms with Crippen LogP contribution in [0.1, 0.15) is 12.6 Å². The lowest BCUT2D eigenvalue weighted by atomic mass is 10.2. The van der Waals surface area contributed by atoms with Crippen molar-refractivity contribution in [3.63, 3.8) is 0 Å². The third-order valence-corrected chi connectivity index (χ3v) is 2.64. The fourth-order valence-corrected chi connectivity index (χ4v) is 1.83. The van der Waals surface area contributed by atoms with Crippen molar-refractivity contribution in [2.75, 3.05) is 6.61 Å². The fourth-order valence-electron chi connectivity index (χ4n) is 1.83. The minimum absolute atomic E-state index is 0.0872. The van der Waals surface area contributed by atoms with E-state index in [9.17, 15) is 15.2 Å². The van der Waals surface area contributed by atoms with Gasteiger partial charge in [-0.25, -0.2) is 4.57 Å². The van der Waals surface area contributed by atoms with Crippen molar-refractivity contribution in [3.05, 3.63) is 28.4 Å². The minimum Gasteiger partial charge on any atom is -0.394 e. The summed E-state index contributed by atoms with van der Waals surface area (Å²) in [5.74, 6) is -0.0872. The molecule has 0 aliphatic carbocycles. The summed E-state index contributed by atoms with van der Waals surface area (Å²) in [4.78, 5) is 10.2. The molecule has 2 heterocycles. The van der Waals surface area contributed by atoms with E-state index in [0.29, 0.717) is 0 Å². The van der Waals surface area contributed by atoms with Gasteiger partial charge >= 0.3 is 5.82 Å². The van der Waals surface area contributed by atoms with E-state index in [1.54, 1.807) is 6.07 Å². The molecule has 88 valence electrons. The molecule has 0 unspecified atom stereocenters. The molecule has 7 nitrogen and oxygen atoms in total. The second-order valence-electron chi connectivity index (χ2n) is 3.65. The second kappa shape index (κ2) is 4.20. The molecule has 0 aromatic carbocycles. The van der Waals surface area contributed by atoms with Crippen LogP contribution in [-0.4, -0.2) is 38.5 Å². The zero-order valence-electron chi connectivity index (χ0n) is 8.39. The Balaban J connectivity index is 2.20. The van der Waals surface area contributed by atoms with Crippen LogP contribution in [0, 0.1) is 10.1 Å². The van der Waals surface area contributed by atoms with Gasteiger partial charge in [-0.05, 0) is 11.0 Å². The first-order valence-electron chi connectivity index (χ1n) is 4.89. The van der Waals surface area contributed by atoms with Crippen molar-refractivity contribution in [1.82, 2.24) is 4.57 Å². The Morgan fingerprint density at radius 2 is 2.44 bits per heavy atom. The van der Waals surface area contributed by atoms with E-state index in [4.69, 9.17) is 9.84 Å². The number of aromatic nitrogens is 1. The summed E-state index contributed by atoms with van der Waals surface area (Å²) < 4.78 is 6.66. The van der Waals surface area contributed by atoms with Crippen molar-refractivity contribution < 1.29 is 19.9 Å². The molecule has 2 rings (SSSR count). The Kier molecular flexibility index (Phi) is 2.90. The normalized spacial score (nSPS) is 29.5. The molecular formula is C9H12N2O5. The van der Waals surface area contributed by atoms with Gasteiger partial charge in [0, 0.05) is 12.5 Å². The van der Waals surface area contributed by atoms with Gasteiger partial charge in [0.15, 0.2) is 0 Å². The van der Waals surface area contributed by atoms with Crippen LogP contribution in [-0.2, 0) is 4.74 Å².